The summed E-state index contributed by atoms with van der Waals surface area (Å²) in [5, 5.41) is 10.5. The van der Waals surface area contributed by atoms with Crippen LogP contribution in [0.2, 0.25) is 0 Å². The Hall–Kier alpha value is -1.79. The van der Waals surface area contributed by atoms with Crippen LogP contribution >= 0.6 is 0 Å². The van der Waals surface area contributed by atoms with Gasteiger partial charge in [0.25, 0.3) is 5.69 Å². The second-order valence-corrected chi connectivity index (χ2v) is 4.66. The smallest absolute Gasteiger partial charge is 0.269 e. The number of nitrogens with zero attached hydrogens (tertiary/aromatic N) is 2. The van der Waals surface area contributed by atoms with Gasteiger partial charge in [-0.1, -0.05) is 0 Å². The lowest BCUT2D eigenvalue weighted by Crippen LogP contribution is -2.36. The largest absolute Gasteiger partial charge is 0.380 e. The van der Waals surface area contributed by atoms with E-state index in [1.165, 1.54) is 24.3 Å². The van der Waals surface area contributed by atoms with Crippen LogP contribution in [0.25, 0.3) is 0 Å². The number of Topliss-reactive ketones (excluding diaryl/α,β-unsaturated/α-hetero) is 1. The molecule has 6 heteroatoms. The van der Waals surface area contributed by atoms with E-state index in [1.807, 2.05) is 11.9 Å². The molecule has 19 heavy (non-hydrogen) atoms. The van der Waals surface area contributed by atoms with E-state index in [0.29, 0.717) is 18.7 Å². The van der Waals surface area contributed by atoms with Crippen molar-refractivity contribution >= 4 is 11.5 Å². The van der Waals surface area contributed by atoms with Gasteiger partial charge in [-0.15, -0.1) is 0 Å². The van der Waals surface area contributed by atoms with Crippen LogP contribution in [0.3, 0.4) is 0 Å². The molecule has 0 amide bonds. The van der Waals surface area contributed by atoms with Crippen molar-refractivity contribution in [1.29, 1.82) is 0 Å². The van der Waals surface area contributed by atoms with E-state index in [9.17, 15) is 14.9 Å². The molecule has 0 radical (unpaired) electrons. The van der Waals surface area contributed by atoms with Crippen molar-refractivity contribution in [3.63, 3.8) is 0 Å². The van der Waals surface area contributed by atoms with Gasteiger partial charge in [-0.25, -0.2) is 0 Å². The Kier molecular flexibility index (Phi) is 4.24. The molecule has 2 rings (SSSR count). The van der Waals surface area contributed by atoms with Gasteiger partial charge in [-0.05, 0) is 25.6 Å². The Labute approximate surface area is 111 Å². The van der Waals surface area contributed by atoms with Crippen LogP contribution in [0.5, 0.6) is 0 Å². The number of carbonyl (C=O) groups excluding carboxylic acids is 1. The second-order valence-electron chi connectivity index (χ2n) is 4.66. The van der Waals surface area contributed by atoms with Crippen LogP contribution in [0, 0.1) is 10.1 Å². The zero-order valence-corrected chi connectivity index (χ0v) is 10.7. The molecule has 0 aliphatic carbocycles. The third-order valence-electron chi connectivity index (χ3n) is 3.32. The molecule has 0 spiro atoms. The maximum Gasteiger partial charge on any atom is 0.269 e. The molecule has 0 N–H and O–H groups in total. The van der Waals surface area contributed by atoms with Crippen molar-refractivity contribution in [3.05, 3.63) is 39.9 Å². The number of carbonyl (C=O) groups is 1. The van der Waals surface area contributed by atoms with Gasteiger partial charge in [0, 0.05) is 30.3 Å². The number of non-ortho nitro benzene ring substituents is 1. The molecule has 1 unspecified atom stereocenters. The first-order chi connectivity index (χ1) is 9.08. The van der Waals surface area contributed by atoms with Crippen LogP contribution in [0.1, 0.15) is 16.8 Å². The fraction of sp³-hybridized carbons (Fsp3) is 0.462. The quantitative estimate of drug-likeness (QED) is 0.458. The highest BCUT2D eigenvalue weighted by Gasteiger charge is 2.22. The molecule has 102 valence electrons. The minimum absolute atomic E-state index is 0.00547. The SMILES string of the molecule is CN(CC(=O)c1ccc([N+](=O)[O-])cc1)C1CCOC1. The third kappa shape index (κ3) is 3.36. The van der Waals surface area contributed by atoms with Crippen molar-refractivity contribution in [1.82, 2.24) is 4.90 Å². The fourth-order valence-electron chi connectivity index (χ4n) is 2.09. The summed E-state index contributed by atoms with van der Waals surface area (Å²) in [6.07, 6.45) is 0.935. The minimum Gasteiger partial charge on any atom is -0.380 e. The second kappa shape index (κ2) is 5.90. The number of ketones is 1. The highest BCUT2D eigenvalue weighted by molar-refractivity contribution is 5.97. The summed E-state index contributed by atoms with van der Waals surface area (Å²) >= 11 is 0. The molecule has 1 fully saturated rings. The summed E-state index contributed by atoms with van der Waals surface area (Å²) in [4.78, 5) is 24.1. The van der Waals surface area contributed by atoms with Gasteiger partial charge in [0.05, 0.1) is 18.1 Å². The summed E-state index contributed by atoms with van der Waals surface area (Å²) in [7, 11) is 1.89. The lowest BCUT2D eigenvalue weighted by molar-refractivity contribution is -0.384. The molecule has 1 aliphatic rings. The summed E-state index contributed by atoms with van der Waals surface area (Å²) in [6, 6.07) is 5.98. The Morgan fingerprint density at radius 2 is 2.16 bits per heavy atom. The third-order valence-corrected chi connectivity index (χ3v) is 3.32. The van der Waals surface area contributed by atoms with Gasteiger partial charge in [0.15, 0.2) is 5.78 Å². The molecule has 0 saturated carbocycles. The van der Waals surface area contributed by atoms with E-state index in [0.717, 1.165) is 13.0 Å². The van der Waals surface area contributed by atoms with Crippen LogP contribution < -0.4 is 0 Å². The van der Waals surface area contributed by atoms with E-state index in [2.05, 4.69) is 0 Å². The molecule has 1 saturated heterocycles. The Morgan fingerprint density at radius 1 is 1.47 bits per heavy atom. The summed E-state index contributed by atoms with van der Waals surface area (Å²) in [5.74, 6) is -0.0377. The zero-order valence-electron chi connectivity index (χ0n) is 10.7. The maximum absolute atomic E-state index is 12.0. The Balaban J connectivity index is 1.97. The summed E-state index contributed by atoms with van der Waals surface area (Å²) in [5.41, 5.74) is 0.491. The molecule has 1 aromatic rings. The lowest BCUT2D eigenvalue weighted by atomic mass is 10.1. The molecule has 0 bridgehead atoms. The van der Waals surface area contributed by atoms with E-state index >= 15 is 0 Å². The number of nitro benzene ring substituents is 1. The number of benzene rings is 1. The Bertz CT molecular complexity index is 466. The van der Waals surface area contributed by atoms with Gasteiger partial charge >= 0.3 is 0 Å². The molecule has 1 aliphatic heterocycles. The van der Waals surface area contributed by atoms with Crippen LogP contribution in [-0.2, 0) is 4.74 Å². The van der Waals surface area contributed by atoms with Crippen molar-refractivity contribution < 1.29 is 14.5 Å². The first kappa shape index (κ1) is 13.6. The fourth-order valence-corrected chi connectivity index (χ4v) is 2.09. The van der Waals surface area contributed by atoms with Crippen molar-refractivity contribution in [2.24, 2.45) is 0 Å². The molecule has 1 atom stereocenters. The number of ether oxygens (including phenoxy) is 1. The van der Waals surface area contributed by atoms with E-state index in [1.54, 1.807) is 0 Å². The zero-order chi connectivity index (χ0) is 13.8. The highest BCUT2D eigenvalue weighted by atomic mass is 16.6. The predicted molar refractivity (Wildman–Crippen MR) is 69.3 cm³/mol. The van der Waals surface area contributed by atoms with Gasteiger partial charge in [0.1, 0.15) is 0 Å². The van der Waals surface area contributed by atoms with Crippen molar-refractivity contribution in [2.75, 3.05) is 26.8 Å². The molecule has 0 aromatic heterocycles. The molecule has 1 heterocycles. The van der Waals surface area contributed by atoms with Crippen molar-refractivity contribution in [2.45, 2.75) is 12.5 Å². The van der Waals surface area contributed by atoms with Crippen molar-refractivity contribution in [3.8, 4) is 0 Å². The standard InChI is InChI=1S/C13H16N2O4/c1-14(12-6-7-19-9-12)8-13(16)10-2-4-11(5-3-10)15(17)18/h2-5,12H,6-9H2,1H3. The number of nitro groups is 1. The molecule has 6 nitrogen and oxygen atoms in total. The Morgan fingerprint density at radius 3 is 2.68 bits per heavy atom. The average molecular weight is 264 g/mol. The van der Waals surface area contributed by atoms with E-state index in [4.69, 9.17) is 4.74 Å². The van der Waals surface area contributed by atoms with E-state index < -0.39 is 4.92 Å². The van der Waals surface area contributed by atoms with Gasteiger partial charge in [-0.3, -0.25) is 19.8 Å². The number of rotatable bonds is 5. The topological polar surface area (TPSA) is 72.7 Å². The van der Waals surface area contributed by atoms with Crippen LogP contribution in [0.4, 0.5) is 5.69 Å². The molecular formula is C13H16N2O4. The monoisotopic (exact) mass is 264 g/mol. The predicted octanol–water partition coefficient (Wildman–Crippen LogP) is 1.50. The first-order valence-electron chi connectivity index (χ1n) is 6.13. The van der Waals surface area contributed by atoms with Gasteiger partial charge in [-0.2, -0.15) is 0 Å². The number of hydrogen-bond donors (Lipinski definition) is 0. The highest BCUT2D eigenvalue weighted by Crippen LogP contribution is 2.14. The van der Waals surface area contributed by atoms with Gasteiger partial charge < -0.3 is 4.74 Å². The lowest BCUT2D eigenvalue weighted by Gasteiger charge is -2.21. The van der Waals surface area contributed by atoms with Crippen LogP contribution in [0.15, 0.2) is 24.3 Å². The maximum atomic E-state index is 12.0. The molecule has 1 aromatic carbocycles. The normalized spacial score (nSPS) is 18.7. The van der Waals surface area contributed by atoms with Gasteiger partial charge in [0.2, 0.25) is 0 Å². The minimum atomic E-state index is -0.476. The first-order valence-corrected chi connectivity index (χ1v) is 6.13. The van der Waals surface area contributed by atoms with E-state index in [-0.39, 0.29) is 17.5 Å². The summed E-state index contributed by atoms with van der Waals surface area (Å²) in [6.45, 7) is 1.69. The summed E-state index contributed by atoms with van der Waals surface area (Å²) < 4.78 is 5.28. The molecular weight excluding hydrogens is 248 g/mol. The number of hydrogen-bond acceptors (Lipinski definition) is 5. The average Bonchev–Trinajstić information content (AvgIpc) is 2.92. The van der Waals surface area contributed by atoms with Crippen LogP contribution in [-0.4, -0.2) is 48.5 Å². The number of likely N-dealkylation sites (N-methyl/N-ethyl adjacent to an activating group) is 1.